The monoisotopic (exact) mass is 362 g/mol. The van der Waals surface area contributed by atoms with Crippen LogP contribution in [0.4, 0.5) is 18.0 Å². The molecule has 1 aromatic heterocycles. The Morgan fingerprint density at radius 1 is 1.50 bits per heavy atom. The third-order valence-corrected chi connectivity index (χ3v) is 4.10. The van der Waals surface area contributed by atoms with Gasteiger partial charge in [0.05, 0.1) is 12.2 Å². The Bertz CT molecular complexity index is 431. The molecule has 2 rings (SSSR count). The summed E-state index contributed by atoms with van der Waals surface area (Å²) in [4.78, 5) is 16.8. The first kappa shape index (κ1) is 12.1. The Labute approximate surface area is 107 Å². The maximum absolute atomic E-state index is 12.4. The van der Waals surface area contributed by atoms with Gasteiger partial charge in [0.25, 0.3) is 3.91 Å². The van der Waals surface area contributed by atoms with Crippen LogP contribution in [0, 0.1) is 0 Å². The van der Waals surface area contributed by atoms with Gasteiger partial charge >= 0.3 is 6.18 Å². The van der Waals surface area contributed by atoms with Gasteiger partial charge in [-0.1, -0.05) is 0 Å². The van der Waals surface area contributed by atoms with E-state index in [1.807, 2.05) is 0 Å². The van der Waals surface area contributed by atoms with Gasteiger partial charge in [-0.15, -0.1) is 11.3 Å². The third kappa shape index (κ3) is 2.31. The number of hydrogen-bond donors (Lipinski definition) is 0. The van der Waals surface area contributed by atoms with E-state index in [-0.39, 0.29) is 10.5 Å². The molecule has 2 heterocycles. The van der Waals surface area contributed by atoms with Gasteiger partial charge in [-0.25, -0.2) is 4.98 Å². The maximum Gasteiger partial charge on any atom is 0.443 e. The second kappa shape index (κ2) is 4.13. The normalized spacial score (nSPS) is 16.1. The summed E-state index contributed by atoms with van der Waals surface area (Å²) in [6, 6.07) is 0. The minimum absolute atomic E-state index is 0.162. The van der Waals surface area contributed by atoms with Crippen LogP contribution in [0.3, 0.4) is 0 Å². The Kier molecular flexibility index (Phi) is 3.12. The number of hydrogen-bond acceptors (Lipinski definition) is 3. The van der Waals surface area contributed by atoms with E-state index < -0.39 is 11.2 Å². The van der Waals surface area contributed by atoms with E-state index in [0.29, 0.717) is 34.9 Å². The lowest BCUT2D eigenvalue weighted by atomic mass is 10.2. The van der Waals surface area contributed by atoms with E-state index in [1.54, 1.807) is 22.6 Å². The zero-order chi connectivity index (χ0) is 11.9. The highest BCUT2D eigenvalue weighted by molar-refractivity contribution is 14.1. The lowest BCUT2D eigenvalue weighted by molar-refractivity contribution is -0.137. The number of nitrogens with zero attached hydrogens (tertiary/aromatic N) is 2. The summed E-state index contributed by atoms with van der Waals surface area (Å²) >= 11 is 2.30. The molecule has 1 amide bonds. The quantitative estimate of drug-likeness (QED) is 0.404. The number of alkyl halides is 3. The maximum atomic E-state index is 12.4. The highest BCUT2D eigenvalue weighted by Crippen LogP contribution is 2.36. The van der Waals surface area contributed by atoms with Crippen molar-refractivity contribution in [1.82, 2.24) is 9.88 Å². The van der Waals surface area contributed by atoms with Crippen LogP contribution in [-0.4, -0.2) is 20.3 Å². The van der Waals surface area contributed by atoms with Crippen molar-refractivity contribution in [3.63, 3.8) is 0 Å². The number of rotatable bonds is 0. The highest BCUT2D eigenvalue weighted by atomic mass is 127. The average molecular weight is 362 g/mol. The third-order valence-electron chi connectivity index (χ3n) is 2.22. The zero-order valence-electron chi connectivity index (χ0n) is 7.84. The van der Waals surface area contributed by atoms with Gasteiger partial charge in [0.1, 0.15) is 0 Å². The number of carbonyl (C=O) groups is 1. The SMILES string of the molecule is O=C(I)N1CCc2sc(C(F)(F)F)nc2C1. The van der Waals surface area contributed by atoms with E-state index in [2.05, 4.69) is 4.98 Å². The second-order valence-corrected chi connectivity index (χ2v) is 5.32. The molecule has 0 aromatic carbocycles. The zero-order valence-corrected chi connectivity index (χ0v) is 10.8. The molecule has 0 spiro atoms. The van der Waals surface area contributed by atoms with Crippen LogP contribution in [-0.2, 0) is 19.1 Å². The number of halogens is 4. The number of aromatic nitrogens is 1. The molecule has 88 valence electrons. The van der Waals surface area contributed by atoms with Crippen LogP contribution in [0.1, 0.15) is 15.6 Å². The molecule has 0 unspecified atom stereocenters. The van der Waals surface area contributed by atoms with Gasteiger partial charge < -0.3 is 4.90 Å². The standard InChI is InChI=1S/C8H6F3IN2OS/c9-8(10,11)6-13-4-3-14(7(12)15)2-1-5(4)16-6/h1-3H2. The van der Waals surface area contributed by atoms with Crippen LogP contribution >= 0.6 is 33.9 Å². The average Bonchev–Trinajstić information content (AvgIpc) is 2.58. The molecule has 0 atom stereocenters. The first-order valence-corrected chi connectivity index (χ1v) is 6.27. The Morgan fingerprint density at radius 2 is 2.19 bits per heavy atom. The van der Waals surface area contributed by atoms with Gasteiger partial charge in [-0.2, -0.15) is 13.2 Å². The number of thiazole rings is 1. The number of amides is 1. The predicted molar refractivity (Wildman–Crippen MR) is 60.6 cm³/mol. The summed E-state index contributed by atoms with van der Waals surface area (Å²) in [5.74, 6) is 0. The van der Waals surface area contributed by atoms with Gasteiger partial charge in [-0.05, 0) is 0 Å². The van der Waals surface area contributed by atoms with Crippen molar-refractivity contribution in [2.75, 3.05) is 6.54 Å². The summed E-state index contributed by atoms with van der Waals surface area (Å²) < 4.78 is 37.0. The Balaban J connectivity index is 2.27. The van der Waals surface area contributed by atoms with Gasteiger partial charge in [0.2, 0.25) is 0 Å². The molecule has 0 radical (unpaired) electrons. The summed E-state index contributed by atoms with van der Waals surface area (Å²) in [7, 11) is 0. The van der Waals surface area contributed by atoms with Crippen molar-refractivity contribution >= 4 is 37.8 Å². The van der Waals surface area contributed by atoms with E-state index in [0.717, 1.165) is 0 Å². The van der Waals surface area contributed by atoms with Crippen molar-refractivity contribution < 1.29 is 18.0 Å². The molecule has 0 aliphatic carbocycles. The van der Waals surface area contributed by atoms with Gasteiger partial charge in [0.15, 0.2) is 5.01 Å². The molecule has 3 nitrogen and oxygen atoms in total. The molecule has 0 fully saturated rings. The minimum Gasteiger partial charge on any atom is -0.328 e. The fourth-order valence-corrected chi connectivity index (χ4v) is 2.81. The molecule has 1 aliphatic rings. The summed E-state index contributed by atoms with van der Waals surface area (Å²) in [6.45, 7) is 0.651. The summed E-state index contributed by atoms with van der Waals surface area (Å²) in [6.07, 6.45) is -3.93. The topological polar surface area (TPSA) is 33.2 Å². The van der Waals surface area contributed by atoms with E-state index in [9.17, 15) is 18.0 Å². The van der Waals surface area contributed by atoms with Crippen molar-refractivity contribution in [3.05, 3.63) is 15.6 Å². The van der Waals surface area contributed by atoms with Crippen molar-refractivity contribution in [1.29, 1.82) is 0 Å². The fraction of sp³-hybridized carbons (Fsp3) is 0.500. The Morgan fingerprint density at radius 3 is 2.75 bits per heavy atom. The van der Waals surface area contributed by atoms with Gasteiger partial charge in [-0.3, -0.25) is 4.79 Å². The van der Waals surface area contributed by atoms with Crippen molar-refractivity contribution in [2.45, 2.75) is 19.1 Å². The van der Waals surface area contributed by atoms with Crippen LogP contribution in [0.25, 0.3) is 0 Å². The van der Waals surface area contributed by atoms with Crippen molar-refractivity contribution in [3.8, 4) is 0 Å². The van der Waals surface area contributed by atoms with Crippen molar-refractivity contribution in [2.24, 2.45) is 0 Å². The molecule has 0 N–H and O–H groups in total. The molecular formula is C8H6F3IN2OS. The molecule has 0 saturated heterocycles. The van der Waals surface area contributed by atoms with E-state index in [4.69, 9.17) is 0 Å². The molecule has 0 bridgehead atoms. The summed E-state index contributed by atoms with van der Waals surface area (Å²) in [5.41, 5.74) is 0.383. The second-order valence-electron chi connectivity index (χ2n) is 3.31. The van der Waals surface area contributed by atoms with Crippen LogP contribution in [0.15, 0.2) is 0 Å². The smallest absolute Gasteiger partial charge is 0.328 e. The predicted octanol–water partition coefficient (Wildman–Crippen LogP) is 3.08. The highest BCUT2D eigenvalue weighted by Gasteiger charge is 2.37. The fourth-order valence-electron chi connectivity index (χ4n) is 1.47. The molecular weight excluding hydrogens is 356 g/mol. The first-order valence-electron chi connectivity index (χ1n) is 4.38. The summed E-state index contributed by atoms with van der Waals surface area (Å²) in [5, 5.41) is -0.819. The van der Waals surface area contributed by atoms with Crippen LogP contribution < -0.4 is 0 Å². The Hall–Kier alpha value is -0.380. The van der Waals surface area contributed by atoms with Crippen LogP contribution in [0.2, 0.25) is 0 Å². The van der Waals surface area contributed by atoms with E-state index in [1.165, 1.54) is 4.90 Å². The van der Waals surface area contributed by atoms with E-state index >= 15 is 0 Å². The first-order chi connectivity index (χ1) is 7.38. The van der Waals surface area contributed by atoms with Gasteiger partial charge in [0, 0.05) is 40.4 Å². The lowest BCUT2D eigenvalue weighted by Gasteiger charge is -2.23. The number of carbonyl (C=O) groups excluding carboxylic acids is 1. The molecule has 16 heavy (non-hydrogen) atoms. The molecule has 0 saturated carbocycles. The molecule has 8 heteroatoms. The minimum atomic E-state index is -4.39. The molecule has 1 aliphatic heterocycles. The molecule has 1 aromatic rings. The lowest BCUT2D eigenvalue weighted by Crippen LogP contribution is -2.31. The largest absolute Gasteiger partial charge is 0.443 e. The van der Waals surface area contributed by atoms with Crippen LogP contribution in [0.5, 0.6) is 0 Å². The number of fused-ring (bicyclic) bond motifs is 1.